The zero-order valence-electron chi connectivity index (χ0n) is 8.69. The molecule has 84 valence electrons. The lowest BCUT2D eigenvalue weighted by molar-refractivity contribution is -0.0167. The van der Waals surface area contributed by atoms with Crippen LogP contribution in [0.2, 0.25) is 0 Å². The number of thioether (sulfide) groups is 1. The highest BCUT2D eigenvalue weighted by molar-refractivity contribution is 7.97. The van der Waals surface area contributed by atoms with Gasteiger partial charge in [0.2, 0.25) is 0 Å². The first-order valence-corrected chi connectivity index (χ1v) is 6.39. The molecule has 0 aromatic carbocycles. The predicted molar refractivity (Wildman–Crippen MR) is 57.5 cm³/mol. The number of hydrogen-bond acceptors (Lipinski definition) is 6. The van der Waals surface area contributed by atoms with Gasteiger partial charge in [0.15, 0.2) is 11.4 Å². The lowest BCUT2D eigenvalue weighted by Crippen LogP contribution is -2.43. The van der Waals surface area contributed by atoms with Crippen molar-refractivity contribution in [3.8, 4) is 0 Å². The van der Waals surface area contributed by atoms with Gasteiger partial charge in [-0.2, -0.15) is 16.7 Å². The molecule has 0 aliphatic carbocycles. The van der Waals surface area contributed by atoms with E-state index < -0.39 is 5.60 Å². The van der Waals surface area contributed by atoms with Gasteiger partial charge in [0.1, 0.15) is 0 Å². The standard InChI is InChI=1S/C9H15N3O2S/c1-15-5-7-11-8(14-12-7)9(13)3-2-4-10-6-9/h10,13H,2-6H2,1H3. The van der Waals surface area contributed by atoms with Crippen molar-refractivity contribution in [1.82, 2.24) is 15.5 Å². The van der Waals surface area contributed by atoms with Crippen molar-refractivity contribution >= 4 is 11.8 Å². The monoisotopic (exact) mass is 229 g/mol. The second-order valence-electron chi connectivity index (χ2n) is 3.76. The molecule has 1 aliphatic rings. The first kappa shape index (κ1) is 10.9. The molecule has 5 nitrogen and oxygen atoms in total. The summed E-state index contributed by atoms with van der Waals surface area (Å²) in [6.45, 7) is 1.43. The maximum absolute atomic E-state index is 10.3. The maximum atomic E-state index is 10.3. The summed E-state index contributed by atoms with van der Waals surface area (Å²) >= 11 is 1.63. The van der Waals surface area contributed by atoms with Crippen LogP contribution in [0.15, 0.2) is 4.52 Å². The molecule has 1 fully saturated rings. The minimum absolute atomic E-state index is 0.346. The summed E-state index contributed by atoms with van der Waals surface area (Å²) in [6.07, 6.45) is 3.59. The van der Waals surface area contributed by atoms with E-state index in [0.29, 0.717) is 30.4 Å². The Bertz CT molecular complexity index is 323. The molecule has 1 atom stereocenters. The number of piperidine rings is 1. The van der Waals surface area contributed by atoms with E-state index in [1.807, 2.05) is 6.26 Å². The van der Waals surface area contributed by atoms with Crippen LogP contribution in [-0.4, -0.2) is 34.6 Å². The highest BCUT2D eigenvalue weighted by Crippen LogP contribution is 2.26. The first-order chi connectivity index (χ1) is 7.24. The summed E-state index contributed by atoms with van der Waals surface area (Å²) in [6, 6.07) is 0. The molecular formula is C9H15N3O2S. The summed E-state index contributed by atoms with van der Waals surface area (Å²) < 4.78 is 5.10. The molecule has 1 aromatic rings. The topological polar surface area (TPSA) is 71.2 Å². The zero-order chi connectivity index (χ0) is 10.7. The molecular weight excluding hydrogens is 214 g/mol. The van der Waals surface area contributed by atoms with Crippen LogP contribution in [0.5, 0.6) is 0 Å². The summed E-state index contributed by atoms with van der Waals surface area (Å²) in [5.41, 5.74) is -0.970. The number of nitrogens with one attached hydrogen (secondary N) is 1. The van der Waals surface area contributed by atoms with E-state index in [4.69, 9.17) is 4.52 Å². The van der Waals surface area contributed by atoms with Crippen molar-refractivity contribution < 1.29 is 9.63 Å². The van der Waals surface area contributed by atoms with Crippen molar-refractivity contribution in [2.24, 2.45) is 0 Å². The molecule has 1 aromatic heterocycles. The SMILES string of the molecule is CSCc1noc(C2(O)CCCNC2)n1. The Kier molecular flexibility index (Phi) is 3.28. The van der Waals surface area contributed by atoms with E-state index in [1.54, 1.807) is 11.8 Å². The van der Waals surface area contributed by atoms with Gasteiger partial charge in [-0.3, -0.25) is 0 Å². The Morgan fingerprint density at radius 3 is 3.20 bits per heavy atom. The molecule has 2 N–H and O–H groups in total. The number of aromatic nitrogens is 2. The summed E-state index contributed by atoms with van der Waals surface area (Å²) in [7, 11) is 0. The highest BCUT2D eigenvalue weighted by atomic mass is 32.2. The number of β-amino-alcohol motifs (C(OH)–C–C–N with tert-alkyl or cyclic N) is 1. The smallest absolute Gasteiger partial charge is 0.259 e. The second kappa shape index (κ2) is 4.51. The van der Waals surface area contributed by atoms with Gasteiger partial charge in [0.05, 0.1) is 5.75 Å². The average molecular weight is 229 g/mol. The fraction of sp³-hybridized carbons (Fsp3) is 0.778. The van der Waals surface area contributed by atoms with Crippen LogP contribution in [0, 0.1) is 0 Å². The Balaban J connectivity index is 2.12. The van der Waals surface area contributed by atoms with E-state index in [-0.39, 0.29) is 0 Å². The predicted octanol–water partition coefficient (Wildman–Crippen LogP) is 0.504. The van der Waals surface area contributed by atoms with Gasteiger partial charge in [0.25, 0.3) is 5.89 Å². The Morgan fingerprint density at radius 2 is 2.53 bits per heavy atom. The van der Waals surface area contributed by atoms with Crippen molar-refractivity contribution in [3.63, 3.8) is 0 Å². The van der Waals surface area contributed by atoms with Crippen molar-refractivity contribution in [2.45, 2.75) is 24.2 Å². The van der Waals surface area contributed by atoms with Crippen LogP contribution >= 0.6 is 11.8 Å². The third-order valence-electron chi connectivity index (χ3n) is 2.50. The van der Waals surface area contributed by atoms with E-state index in [1.165, 1.54) is 0 Å². The van der Waals surface area contributed by atoms with Crippen molar-refractivity contribution in [3.05, 3.63) is 11.7 Å². The molecule has 15 heavy (non-hydrogen) atoms. The zero-order valence-corrected chi connectivity index (χ0v) is 9.51. The number of aliphatic hydroxyl groups is 1. The maximum Gasteiger partial charge on any atom is 0.259 e. The molecule has 0 radical (unpaired) electrons. The van der Waals surface area contributed by atoms with Gasteiger partial charge in [-0.1, -0.05) is 5.16 Å². The number of nitrogens with zero attached hydrogens (tertiary/aromatic N) is 2. The molecule has 0 bridgehead atoms. The molecule has 0 saturated carbocycles. The molecule has 6 heteroatoms. The first-order valence-electron chi connectivity index (χ1n) is 5.00. The number of hydrogen-bond donors (Lipinski definition) is 2. The van der Waals surface area contributed by atoms with Crippen LogP contribution in [0.3, 0.4) is 0 Å². The van der Waals surface area contributed by atoms with E-state index >= 15 is 0 Å². The Morgan fingerprint density at radius 1 is 1.67 bits per heavy atom. The van der Waals surface area contributed by atoms with Crippen molar-refractivity contribution in [1.29, 1.82) is 0 Å². The minimum atomic E-state index is -0.970. The molecule has 0 amide bonds. The largest absolute Gasteiger partial charge is 0.379 e. The van der Waals surface area contributed by atoms with Crippen LogP contribution in [-0.2, 0) is 11.4 Å². The van der Waals surface area contributed by atoms with E-state index in [9.17, 15) is 5.11 Å². The van der Waals surface area contributed by atoms with Gasteiger partial charge >= 0.3 is 0 Å². The Hall–Kier alpha value is -0.590. The number of rotatable bonds is 3. The fourth-order valence-electron chi connectivity index (χ4n) is 1.70. The quantitative estimate of drug-likeness (QED) is 0.786. The highest BCUT2D eigenvalue weighted by Gasteiger charge is 2.36. The molecule has 0 spiro atoms. The molecule has 1 aliphatic heterocycles. The average Bonchev–Trinajstić information content (AvgIpc) is 2.69. The minimum Gasteiger partial charge on any atom is -0.379 e. The van der Waals surface area contributed by atoms with Crippen molar-refractivity contribution in [2.75, 3.05) is 19.3 Å². The van der Waals surface area contributed by atoms with E-state index in [0.717, 1.165) is 13.0 Å². The van der Waals surface area contributed by atoms with Gasteiger partial charge in [-0.25, -0.2) is 0 Å². The van der Waals surface area contributed by atoms with Gasteiger partial charge in [-0.15, -0.1) is 0 Å². The molecule has 1 unspecified atom stereocenters. The fourth-order valence-corrected chi connectivity index (χ4v) is 2.08. The van der Waals surface area contributed by atoms with Gasteiger partial charge < -0.3 is 14.9 Å². The lowest BCUT2D eigenvalue weighted by atomic mass is 9.94. The molecule has 1 saturated heterocycles. The van der Waals surface area contributed by atoms with Crippen LogP contribution in [0.25, 0.3) is 0 Å². The van der Waals surface area contributed by atoms with Gasteiger partial charge in [-0.05, 0) is 25.6 Å². The second-order valence-corrected chi connectivity index (χ2v) is 4.63. The van der Waals surface area contributed by atoms with Crippen LogP contribution < -0.4 is 5.32 Å². The Labute approximate surface area is 92.6 Å². The normalized spacial score (nSPS) is 26.8. The third kappa shape index (κ3) is 2.32. The van der Waals surface area contributed by atoms with Gasteiger partial charge in [0, 0.05) is 6.54 Å². The molecule has 2 rings (SSSR count). The summed E-state index contributed by atoms with van der Waals surface area (Å²) in [4.78, 5) is 4.21. The van der Waals surface area contributed by atoms with Crippen LogP contribution in [0.4, 0.5) is 0 Å². The lowest BCUT2D eigenvalue weighted by Gasteiger charge is -2.28. The van der Waals surface area contributed by atoms with Crippen LogP contribution in [0.1, 0.15) is 24.6 Å². The summed E-state index contributed by atoms with van der Waals surface area (Å²) in [5, 5.41) is 17.2. The summed E-state index contributed by atoms with van der Waals surface area (Å²) in [5.74, 6) is 1.71. The van der Waals surface area contributed by atoms with E-state index in [2.05, 4.69) is 15.5 Å². The molecule has 2 heterocycles. The third-order valence-corrected chi connectivity index (χ3v) is 3.05.